The van der Waals surface area contributed by atoms with Crippen LogP contribution in [0, 0.1) is 0 Å². The molecule has 0 unspecified atom stereocenters. The lowest BCUT2D eigenvalue weighted by Gasteiger charge is -2.29. The normalized spacial score (nSPS) is 16.4. The number of carboxylic acid groups (broad SMARTS) is 1. The minimum Gasteiger partial charge on any atom is -0.477 e. The number of carbonyl (C=O) groups is 1. The van der Waals surface area contributed by atoms with Crippen LogP contribution >= 0.6 is 11.3 Å². The summed E-state index contributed by atoms with van der Waals surface area (Å²) in [6, 6.07) is 0.233. The van der Waals surface area contributed by atoms with Crippen LogP contribution in [0.1, 0.15) is 28.2 Å². The molecule has 0 amide bonds. The van der Waals surface area contributed by atoms with Gasteiger partial charge in [-0.05, 0) is 12.8 Å². The maximum Gasteiger partial charge on any atom is 0.347 e. The number of rotatable bonds is 7. The number of aromatic nitrogens is 1. The van der Waals surface area contributed by atoms with Gasteiger partial charge in [-0.15, -0.1) is 0 Å². The Kier molecular flexibility index (Phi) is 5.92. The third-order valence-electron chi connectivity index (χ3n) is 3.36. The second-order valence-electron chi connectivity index (χ2n) is 4.95. The van der Waals surface area contributed by atoms with E-state index in [1.54, 1.807) is 7.11 Å². The van der Waals surface area contributed by atoms with Gasteiger partial charge in [0.05, 0.1) is 25.5 Å². The number of nitrogens with zero attached hydrogens (tertiary/aromatic N) is 2. The van der Waals surface area contributed by atoms with E-state index in [-0.39, 0.29) is 17.5 Å². The zero-order valence-corrected chi connectivity index (χ0v) is 12.9. The Morgan fingerprint density at radius 2 is 2.19 bits per heavy atom. The summed E-state index contributed by atoms with van der Waals surface area (Å²) < 4.78 is 10.3. The van der Waals surface area contributed by atoms with Gasteiger partial charge in [0.15, 0.2) is 5.13 Å². The minimum absolute atomic E-state index is 0.189. The van der Waals surface area contributed by atoms with E-state index in [4.69, 9.17) is 15.2 Å². The molecule has 21 heavy (non-hydrogen) atoms. The van der Waals surface area contributed by atoms with Crippen molar-refractivity contribution in [3.63, 3.8) is 0 Å². The van der Waals surface area contributed by atoms with Gasteiger partial charge in [-0.1, -0.05) is 11.3 Å². The molecule has 2 heterocycles. The number of ether oxygens (including phenoxy) is 2. The highest BCUT2D eigenvalue weighted by Gasteiger charge is 2.23. The molecule has 0 spiro atoms. The lowest BCUT2D eigenvalue weighted by molar-refractivity contribution is 0.0581. The fourth-order valence-electron chi connectivity index (χ4n) is 2.14. The average molecular weight is 315 g/mol. The molecule has 8 heteroatoms. The first kappa shape index (κ1) is 16.2. The van der Waals surface area contributed by atoms with Gasteiger partial charge in [-0.2, -0.15) is 0 Å². The fourth-order valence-corrected chi connectivity index (χ4v) is 3.10. The van der Waals surface area contributed by atoms with Crippen LogP contribution in [0.3, 0.4) is 0 Å². The molecular weight excluding hydrogens is 294 g/mol. The molecule has 0 aromatic carbocycles. The van der Waals surface area contributed by atoms with Crippen LogP contribution in [0.4, 0.5) is 5.13 Å². The molecule has 0 atom stereocenters. The lowest BCUT2D eigenvalue weighted by atomic mass is 10.1. The van der Waals surface area contributed by atoms with Gasteiger partial charge in [0, 0.05) is 26.2 Å². The Balaban J connectivity index is 2.04. The zero-order valence-electron chi connectivity index (χ0n) is 12.1. The smallest absolute Gasteiger partial charge is 0.347 e. The number of nitrogens with two attached hydrogens (primary N) is 1. The number of aromatic carboxylic acids is 1. The van der Waals surface area contributed by atoms with E-state index >= 15 is 0 Å². The van der Waals surface area contributed by atoms with Crippen molar-refractivity contribution in [1.29, 1.82) is 0 Å². The van der Waals surface area contributed by atoms with E-state index in [0.717, 1.165) is 31.1 Å². The van der Waals surface area contributed by atoms with Crippen LogP contribution in [0.2, 0.25) is 0 Å². The van der Waals surface area contributed by atoms with Gasteiger partial charge in [-0.3, -0.25) is 0 Å². The van der Waals surface area contributed by atoms with E-state index in [2.05, 4.69) is 9.88 Å². The first-order chi connectivity index (χ1) is 10.1. The molecule has 1 saturated heterocycles. The summed E-state index contributed by atoms with van der Waals surface area (Å²) >= 11 is 1.20. The molecule has 0 bridgehead atoms. The Morgan fingerprint density at radius 1 is 1.48 bits per heavy atom. The molecule has 0 aliphatic carbocycles. The van der Waals surface area contributed by atoms with Crippen molar-refractivity contribution in [2.75, 3.05) is 38.3 Å². The highest BCUT2D eigenvalue weighted by Crippen LogP contribution is 2.29. The van der Waals surface area contributed by atoms with Gasteiger partial charge in [0.1, 0.15) is 4.88 Å². The van der Waals surface area contributed by atoms with Crippen LogP contribution < -0.4 is 10.6 Å². The third-order valence-corrected chi connectivity index (χ3v) is 4.51. The predicted molar refractivity (Wildman–Crippen MR) is 80.0 cm³/mol. The maximum atomic E-state index is 11.3. The highest BCUT2D eigenvalue weighted by molar-refractivity contribution is 7.17. The summed E-state index contributed by atoms with van der Waals surface area (Å²) in [5, 5.41) is 10.0. The van der Waals surface area contributed by atoms with E-state index < -0.39 is 5.97 Å². The van der Waals surface area contributed by atoms with E-state index in [1.165, 1.54) is 11.3 Å². The van der Waals surface area contributed by atoms with E-state index in [1.807, 2.05) is 0 Å². The lowest BCUT2D eigenvalue weighted by Crippen LogP contribution is -2.39. The van der Waals surface area contributed by atoms with Gasteiger partial charge in [0.25, 0.3) is 0 Å². The molecule has 1 aromatic heterocycles. The number of anilines is 1. The van der Waals surface area contributed by atoms with Gasteiger partial charge in [0.2, 0.25) is 0 Å². The van der Waals surface area contributed by atoms with Crippen LogP contribution in [-0.2, 0) is 16.1 Å². The highest BCUT2D eigenvalue weighted by atomic mass is 32.1. The van der Waals surface area contributed by atoms with E-state index in [9.17, 15) is 9.90 Å². The third kappa shape index (κ3) is 4.37. The Morgan fingerprint density at radius 3 is 2.81 bits per heavy atom. The van der Waals surface area contributed by atoms with Crippen LogP contribution in [0.5, 0.6) is 0 Å². The van der Waals surface area contributed by atoms with Crippen molar-refractivity contribution in [3.8, 4) is 0 Å². The molecule has 118 valence electrons. The largest absolute Gasteiger partial charge is 0.477 e. The number of hydrogen-bond acceptors (Lipinski definition) is 7. The maximum absolute atomic E-state index is 11.3. The summed E-state index contributed by atoms with van der Waals surface area (Å²) in [6.07, 6.45) is 1.81. The second-order valence-corrected chi connectivity index (χ2v) is 5.92. The predicted octanol–water partition coefficient (Wildman–Crippen LogP) is 0.932. The summed E-state index contributed by atoms with van der Waals surface area (Å²) in [5.41, 5.74) is 6.36. The Labute approximate surface area is 127 Å². The number of methoxy groups -OCH3 is 1. The van der Waals surface area contributed by atoms with Crippen LogP contribution in [-0.4, -0.2) is 55.5 Å². The van der Waals surface area contributed by atoms with Crippen molar-refractivity contribution in [3.05, 3.63) is 10.6 Å². The minimum atomic E-state index is -0.960. The average Bonchev–Trinajstić information content (AvgIpc) is 2.89. The molecule has 1 aromatic rings. The summed E-state index contributed by atoms with van der Waals surface area (Å²) in [7, 11) is 1.59. The second kappa shape index (κ2) is 7.69. The van der Waals surface area contributed by atoms with Crippen molar-refractivity contribution in [1.82, 2.24) is 4.98 Å². The van der Waals surface area contributed by atoms with Crippen molar-refractivity contribution in [2.24, 2.45) is 5.73 Å². The summed E-state index contributed by atoms with van der Waals surface area (Å²) in [5.74, 6) is -0.960. The molecule has 1 fully saturated rings. The zero-order chi connectivity index (χ0) is 15.2. The van der Waals surface area contributed by atoms with Crippen molar-refractivity contribution < 1.29 is 19.4 Å². The first-order valence-corrected chi connectivity index (χ1v) is 7.73. The quantitative estimate of drug-likeness (QED) is 0.722. The fraction of sp³-hybridized carbons (Fsp3) is 0.692. The SMILES string of the molecule is COCCOCc1nc(N2CCC(N)CC2)sc1C(=O)O. The first-order valence-electron chi connectivity index (χ1n) is 6.92. The van der Waals surface area contributed by atoms with Crippen LogP contribution in [0.15, 0.2) is 0 Å². The van der Waals surface area contributed by atoms with Gasteiger partial charge in [-0.25, -0.2) is 9.78 Å². The molecule has 7 nitrogen and oxygen atoms in total. The molecule has 3 N–H and O–H groups in total. The van der Waals surface area contributed by atoms with Crippen LogP contribution in [0.25, 0.3) is 0 Å². The van der Waals surface area contributed by atoms with Crippen molar-refractivity contribution >= 4 is 22.4 Å². The molecule has 1 aliphatic heterocycles. The van der Waals surface area contributed by atoms with E-state index in [0.29, 0.717) is 18.9 Å². The Hall–Kier alpha value is -1.22. The molecule has 0 radical (unpaired) electrons. The van der Waals surface area contributed by atoms with Gasteiger partial charge < -0.3 is 25.2 Å². The number of carboxylic acids is 1. The molecule has 1 aliphatic rings. The Bertz CT molecular complexity index is 472. The standard InChI is InChI=1S/C13H21N3O4S/c1-19-6-7-20-8-10-11(12(17)18)21-13(15-10)16-4-2-9(14)3-5-16/h9H,2-8,14H2,1H3,(H,17,18). The number of piperidine rings is 1. The topological polar surface area (TPSA) is 97.9 Å². The van der Waals surface area contributed by atoms with Crippen molar-refractivity contribution in [2.45, 2.75) is 25.5 Å². The molecular formula is C13H21N3O4S. The summed E-state index contributed by atoms with van der Waals surface area (Å²) in [6.45, 7) is 2.72. The molecule has 0 saturated carbocycles. The summed E-state index contributed by atoms with van der Waals surface area (Å²) in [4.78, 5) is 18.1. The monoisotopic (exact) mass is 315 g/mol. The number of thiazole rings is 1. The van der Waals surface area contributed by atoms with Gasteiger partial charge >= 0.3 is 5.97 Å². The molecule has 2 rings (SSSR count). The number of hydrogen-bond donors (Lipinski definition) is 2.